The average molecular weight is 422 g/mol. The Morgan fingerprint density at radius 1 is 1.23 bits per heavy atom. The fourth-order valence-corrected chi connectivity index (χ4v) is 4.57. The molecule has 0 bridgehead atoms. The lowest BCUT2D eigenvalue weighted by atomic mass is 10.1. The maximum atomic E-state index is 13.0. The molecule has 0 radical (unpaired) electrons. The van der Waals surface area contributed by atoms with Crippen LogP contribution in [0.1, 0.15) is 30.1 Å². The Morgan fingerprint density at radius 2 is 2.13 bits per heavy atom. The summed E-state index contributed by atoms with van der Waals surface area (Å²) in [7, 11) is 1.85. The third-order valence-electron chi connectivity index (χ3n) is 6.07. The number of nitrogens with zero attached hydrogens (tertiary/aromatic N) is 6. The molecular formula is C22H27N7O2. The molecule has 1 aromatic carbocycles. The number of fused-ring (bicyclic) bond motifs is 2. The Bertz CT molecular complexity index is 1100. The van der Waals surface area contributed by atoms with Crippen LogP contribution in [0.25, 0.3) is 10.9 Å². The number of anilines is 2. The summed E-state index contributed by atoms with van der Waals surface area (Å²) < 4.78 is 7.41. The second-order valence-electron chi connectivity index (χ2n) is 8.15. The van der Waals surface area contributed by atoms with E-state index < -0.39 is 0 Å². The number of amides is 1. The van der Waals surface area contributed by atoms with Crippen LogP contribution in [0.15, 0.2) is 30.5 Å². The van der Waals surface area contributed by atoms with Crippen LogP contribution >= 0.6 is 0 Å². The van der Waals surface area contributed by atoms with Gasteiger partial charge in [0.2, 0.25) is 0 Å². The molecule has 2 fully saturated rings. The maximum Gasteiger partial charge on any atom is 0.260 e. The minimum atomic E-state index is -0.282. The molecule has 0 spiro atoms. The highest BCUT2D eigenvalue weighted by Gasteiger charge is 2.31. The molecule has 4 heterocycles. The summed E-state index contributed by atoms with van der Waals surface area (Å²) in [5.74, 6) is 1.50. The van der Waals surface area contributed by atoms with Crippen LogP contribution in [0.2, 0.25) is 0 Å². The molecule has 31 heavy (non-hydrogen) atoms. The van der Waals surface area contributed by atoms with E-state index in [4.69, 9.17) is 4.74 Å². The summed E-state index contributed by atoms with van der Waals surface area (Å²) in [6.45, 7) is 6.58. The SMILES string of the molecule is CCOc1cc2nn(C)cc2cc1C(=O)Nc1ccc(N2CCN3CCCC3C2)nn1. The Hall–Kier alpha value is -3.20. The number of carbonyl (C=O) groups excluding carboxylic acids is 1. The van der Waals surface area contributed by atoms with Gasteiger partial charge in [-0.1, -0.05) is 0 Å². The predicted molar refractivity (Wildman–Crippen MR) is 119 cm³/mol. The summed E-state index contributed by atoms with van der Waals surface area (Å²) in [6, 6.07) is 7.95. The highest BCUT2D eigenvalue weighted by molar-refractivity contribution is 6.08. The van der Waals surface area contributed by atoms with Crippen LogP contribution in [0.5, 0.6) is 5.75 Å². The van der Waals surface area contributed by atoms with Crippen molar-refractivity contribution in [3.05, 3.63) is 36.0 Å². The van der Waals surface area contributed by atoms with Gasteiger partial charge in [-0.15, -0.1) is 10.2 Å². The molecule has 3 aromatic rings. The number of rotatable bonds is 5. The van der Waals surface area contributed by atoms with E-state index >= 15 is 0 Å². The Morgan fingerprint density at radius 3 is 2.94 bits per heavy atom. The number of hydrogen-bond acceptors (Lipinski definition) is 7. The first-order chi connectivity index (χ1) is 15.1. The van der Waals surface area contributed by atoms with E-state index in [1.54, 1.807) is 16.8 Å². The lowest BCUT2D eigenvalue weighted by Gasteiger charge is -2.37. The molecule has 0 saturated carbocycles. The second kappa shape index (κ2) is 8.14. The zero-order valence-electron chi connectivity index (χ0n) is 17.9. The maximum absolute atomic E-state index is 13.0. The number of benzene rings is 1. The second-order valence-corrected chi connectivity index (χ2v) is 8.15. The Labute approximate surface area is 181 Å². The fourth-order valence-electron chi connectivity index (χ4n) is 4.57. The van der Waals surface area contributed by atoms with Gasteiger partial charge in [-0.2, -0.15) is 5.10 Å². The van der Waals surface area contributed by atoms with E-state index in [1.807, 2.05) is 32.3 Å². The van der Waals surface area contributed by atoms with E-state index in [2.05, 4.69) is 30.4 Å². The van der Waals surface area contributed by atoms with Crippen LogP contribution in [0.4, 0.5) is 11.6 Å². The number of aryl methyl sites for hydroxylation is 1. The fraction of sp³-hybridized carbons (Fsp3) is 0.455. The topological polar surface area (TPSA) is 88.4 Å². The molecule has 1 amide bonds. The van der Waals surface area contributed by atoms with Crippen molar-refractivity contribution in [2.24, 2.45) is 7.05 Å². The van der Waals surface area contributed by atoms with E-state index in [-0.39, 0.29) is 5.91 Å². The largest absolute Gasteiger partial charge is 0.493 e. The molecule has 1 atom stereocenters. The normalized spacial score (nSPS) is 18.9. The monoisotopic (exact) mass is 421 g/mol. The molecule has 9 heteroatoms. The zero-order valence-corrected chi connectivity index (χ0v) is 17.9. The van der Waals surface area contributed by atoms with Crippen molar-refractivity contribution in [2.45, 2.75) is 25.8 Å². The van der Waals surface area contributed by atoms with Crippen LogP contribution in [0.3, 0.4) is 0 Å². The van der Waals surface area contributed by atoms with Gasteiger partial charge < -0.3 is 15.0 Å². The number of piperazine rings is 1. The van der Waals surface area contributed by atoms with Crippen molar-refractivity contribution >= 4 is 28.4 Å². The van der Waals surface area contributed by atoms with Crippen molar-refractivity contribution < 1.29 is 9.53 Å². The summed E-state index contributed by atoms with van der Waals surface area (Å²) in [6.07, 6.45) is 4.41. The van der Waals surface area contributed by atoms with Crippen LogP contribution in [-0.2, 0) is 7.05 Å². The predicted octanol–water partition coefficient (Wildman–Crippen LogP) is 2.30. The molecule has 2 saturated heterocycles. The third-order valence-corrected chi connectivity index (χ3v) is 6.07. The quantitative estimate of drug-likeness (QED) is 0.676. The van der Waals surface area contributed by atoms with Crippen molar-refractivity contribution in [1.82, 2.24) is 24.9 Å². The van der Waals surface area contributed by atoms with Crippen molar-refractivity contribution in [3.63, 3.8) is 0 Å². The first kappa shape index (κ1) is 19.7. The lowest BCUT2D eigenvalue weighted by Crippen LogP contribution is -2.50. The number of nitrogens with one attached hydrogen (secondary N) is 1. The number of hydrogen-bond donors (Lipinski definition) is 1. The molecular weight excluding hydrogens is 394 g/mol. The number of carbonyl (C=O) groups is 1. The highest BCUT2D eigenvalue weighted by Crippen LogP contribution is 2.27. The molecule has 2 aromatic heterocycles. The summed E-state index contributed by atoms with van der Waals surface area (Å²) >= 11 is 0. The van der Waals surface area contributed by atoms with E-state index in [9.17, 15) is 4.79 Å². The Balaban J connectivity index is 1.32. The average Bonchev–Trinajstić information content (AvgIpc) is 3.38. The van der Waals surface area contributed by atoms with Gasteiger partial charge in [0.25, 0.3) is 5.91 Å². The third kappa shape index (κ3) is 3.93. The van der Waals surface area contributed by atoms with Crippen molar-refractivity contribution in [2.75, 3.05) is 43.0 Å². The van der Waals surface area contributed by atoms with Gasteiger partial charge in [0.15, 0.2) is 11.6 Å². The highest BCUT2D eigenvalue weighted by atomic mass is 16.5. The first-order valence-electron chi connectivity index (χ1n) is 10.8. The molecule has 1 N–H and O–H groups in total. The standard InChI is InChI=1S/C22H27N7O2/c1-3-31-19-12-18-15(13-27(2)26-18)11-17(19)22(30)23-20-6-7-21(25-24-20)29-10-9-28-8-4-5-16(28)14-29/h6-7,11-13,16H,3-5,8-10,14H2,1-2H3,(H,23,24,30). The molecule has 5 rings (SSSR count). The van der Waals surface area contributed by atoms with Crippen molar-refractivity contribution in [3.8, 4) is 5.75 Å². The molecule has 9 nitrogen and oxygen atoms in total. The first-order valence-corrected chi connectivity index (χ1v) is 10.8. The summed E-state index contributed by atoms with van der Waals surface area (Å²) in [5, 5.41) is 16.7. The zero-order chi connectivity index (χ0) is 21.4. The molecule has 162 valence electrons. The number of aromatic nitrogens is 4. The van der Waals surface area contributed by atoms with Crippen LogP contribution in [-0.4, -0.2) is 69.6 Å². The lowest BCUT2D eigenvalue weighted by molar-refractivity contribution is 0.102. The van der Waals surface area contributed by atoms with E-state index in [0.29, 0.717) is 29.8 Å². The minimum absolute atomic E-state index is 0.282. The van der Waals surface area contributed by atoms with Gasteiger partial charge in [0.1, 0.15) is 5.75 Å². The van der Waals surface area contributed by atoms with Crippen LogP contribution in [0, 0.1) is 0 Å². The van der Waals surface area contributed by atoms with Crippen LogP contribution < -0.4 is 15.0 Å². The van der Waals surface area contributed by atoms with Gasteiger partial charge in [0.05, 0.1) is 17.7 Å². The van der Waals surface area contributed by atoms with Gasteiger partial charge in [0, 0.05) is 50.4 Å². The molecule has 2 aliphatic rings. The van der Waals surface area contributed by atoms with Gasteiger partial charge in [-0.05, 0) is 44.5 Å². The number of ether oxygens (including phenoxy) is 1. The van der Waals surface area contributed by atoms with Gasteiger partial charge in [-0.3, -0.25) is 14.4 Å². The van der Waals surface area contributed by atoms with E-state index in [0.717, 1.165) is 36.4 Å². The minimum Gasteiger partial charge on any atom is -0.493 e. The smallest absolute Gasteiger partial charge is 0.260 e. The summed E-state index contributed by atoms with van der Waals surface area (Å²) in [4.78, 5) is 17.8. The molecule has 1 unspecified atom stereocenters. The van der Waals surface area contributed by atoms with Gasteiger partial charge >= 0.3 is 0 Å². The Kier molecular flexibility index (Phi) is 5.19. The van der Waals surface area contributed by atoms with Gasteiger partial charge in [-0.25, -0.2) is 0 Å². The summed E-state index contributed by atoms with van der Waals surface area (Å²) in [5.41, 5.74) is 1.24. The van der Waals surface area contributed by atoms with E-state index in [1.165, 1.54) is 19.4 Å². The molecule has 2 aliphatic heterocycles. The molecule has 0 aliphatic carbocycles. The van der Waals surface area contributed by atoms with Crippen molar-refractivity contribution in [1.29, 1.82) is 0 Å².